The largest absolute Gasteiger partial charge is 0.390 e. The molecule has 0 atom stereocenters. The summed E-state index contributed by atoms with van der Waals surface area (Å²) in [6.45, 7) is 2.14. The maximum absolute atomic E-state index is 5.25. The number of hydrogen-bond acceptors (Lipinski definition) is 3. The van der Waals surface area contributed by atoms with Gasteiger partial charge in [0.25, 0.3) is 0 Å². The standard InChI is InChI=1S/C59H39N5.Pt/c1-39-27-28-62-56(31-39)58(52-23-11-5-17-46(52)47-18-6-12-24-53(47)58)42-32-40(34-60-36-42)57(50-21-9-3-15-44(50)45-16-4-10-22-51(45)57)41-33-43(37-61-35-41)59(64-30-29-63(2)38-64)54-25-13-7-19-48(54)49-20-8-14-26-55(49)59;/h3-31,34-37H,1-2H3;/q-2;. The number of nitrogens with zero attached hydrogens (tertiary/aromatic N) is 5. The van der Waals surface area contributed by atoms with Crippen molar-refractivity contribution in [2.45, 2.75) is 23.3 Å². The van der Waals surface area contributed by atoms with Gasteiger partial charge in [-0.05, 0) is 92.6 Å². The van der Waals surface area contributed by atoms with E-state index in [1.54, 1.807) is 0 Å². The molecule has 3 aliphatic carbocycles. The predicted molar refractivity (Wildman–Crippen MR) is 248 cm³/mol. The van der Waals surface area contributed by atoms with Crippen LogP contribution in [0.2, 0.25) is 0 Å². The molecule has 10 aromatic rings. The fourth-order valence-electron chi connectivity index (χ4n) is 11.7. The zero-order valence-electron chi connectivity index (χ0n) is 35.6. The van der Waals surface area contributed by atoms with Crippen LogP contribution < -0.4 is 4.57 Å². The Morgan fingerprint density at radius 3 is 1.31 bits per heavy atom. The van der Waals surface area contributed by atoms with Crippen LogP contribution in [-0.2, 0) is 44.5 Å². The third kappa shape index (κ3) is 5.13. The van der Waals surface area contributed by atoms with E-state index in [4.69, 9.17) is 15.0 Å². The number of rotatable bonds is 6. The van der Waals surface area contributed by atoms with Crippen molar-refractivity contribution in [3.8, 4) is 33.4 Å². The smallest absolute Gasteiger partial charge is 0.204 e. The van der Waals surface area contributed by atoms with Crippen LogP contribution in [0.1, 0.15) is 66.9 Å². The minimum absolute atomic E-state index is 0. The van der Waals surface area contributed by atoms with Gasteiger partial charge in [-0.1, -0.05) is 176 Å². The predicted octanol–water partition coefficient (Wildman–Crippen LogP) is 10.8. The topological polar surface area (TPSA) is 47.5 Å². The zero-order chi connectivity index (χ0) is 42.6. The molecule has 65 heavy (non-hydrogen) atoms. The molecule has 0 N–H and O–H groups in total. The molecule has 5 nitrogen and oxygen atoms in total. The third-order valence-electron chi connectivity index (χ3n) is 14.1. The maximum Gasteiger partial charge on any atom is 0.204 e. The molecule has 0 spiro atoms. The summed E-state index contributed by atoms with van der Waals surface area (Å²) < 4.78 is 4.19. The van der Waals surface area contributed by atoms with Crippen molar-refractivity contribution in [2.24, 2.45) is 7.05 Å². The van der Waals surface area contributed by atoms with E-state index in [9.17, 15) is 0 Å². The Labute approximate surface area is 393 Å². The van der Waals surface area contributed by atoms with Crippen LogP contribution >= 0.6 is 0 Å². The van der Waals surface area contributed by atoms with Crippen molar-refractivity contribution in [1.82, 2.24) is 19.5 Å². The molecule has 4 heterocycles. The molecule has 6 heteroatoms. The SMILES string of the molecule is Cc1ccnc(C2(c3[c-]c(C4(c5[c-]c(C6(n7[c-][n+](C)cc7)c7ccccc7-c7ccccc76)cnc5)c5ccccc5-c5ccccc54)cnc3)c3ccccc3-c3ccccc32)c1.[Pt]. The van der Waals surface area contributed by atoms with Crippen LogP contribution in [0.15, 0.2) is 201 Å². The molecule has 13 rings (SSSR count). The molecule has 312 valence electrons. The van der Waals surface area contributed by atoms with E-state index in [0.29, 0.717) is 0 Å². The van der Waals surface area contributed by atoms with Crippen molar-refractivity contribution in [1.29, 1.82) is 0 Å². The minimum atomic E-state index is -0.915. The van der Waals surface area contributed by atoms with E-state index in [2.05, 4.69) is 200 Å². The Hall–Kier alpha value is -7.33. The normalized spacial score (nSPS) is 14.9. The number of aromatic nitrogens is 5. The van der Waals surface area contributed by atoms with Crippen LogP contribution in [0.4, 0.5) is 0 Å². The molecular formula is C59H39N5Pt-2. The second-order valence-corrected chi connectivity index (χ2v) is 17.3. The number of aryl methyl sites for hydroxylation is 2. The van der Waals surface area contributed by atoms with Crippen LogP contribution in [0.25, 0.3) is 33.4 Å². The molecule has 0 radical (unpaired) electrons. The molecule has 0 amide bonds. The van der Waals surface area contributed by atoms with Gasteiger partial charge in [0, 0.05) is 43.8 Å². The van der Waals surface area contributed by atoms with Gasteiger partial charge in [-0.15, -0.1) is 16.7 Å². The first-order valence-electron chi connectivity index (χ1n) is 21.8. The van der Waals surface area contributed by atoms with Crippen LogP contribution in [0.5, 0.6) is 0 Å². The summed E-state index contributed by atoms with van der Waals surface area (Å²) in [4.78, 5) is 15.7. The number of imidazole rings is 1. The van der Waals surface area contributed by atoms with Crippen molar-refractivity contribution < 1.29 is 25.6 Å². The number of fused-ring (bicyclic) bond motifs is 9. The molecule has 0 unspecified atom stereocenters. The van der Waals surface area contributed by atoms with Gasteiger partial charge >= 0.3 is 0 Å². The Morgan fingerprint density at radius 1 is 0.477 bits per heavy atom. The van der Waals surface area contributed by atoms with Crippen LogP contribution in [0, 0.1) is 25.4 Å². The molecule has 0 saturated heterocycles. The van der Waals surface area contributed by atoms with Gasteiger partial charge in [0.1, 0.15) is 5.54 Å². The van der Waals surface area contributed by atoms with Crippen molar-refractivity contribution in [3.05, 3.63) is 286 Å². The fraction of sp³-hybridized carbons (Fsp3) is 0.0847. The van der Waals surface area contributed by atoms with Gasteiger partial charge in [-0.3, -0.25) is 4.98 Å². The van der Waals surface area contributed by atoms with Gasteiger partial charge in [0.2, 0.25) is 6.33 Å². The second kappa shape index (κ2) is 14.6. The average Bonchev–Trinajstić information content (AvgIpc) is 4.09. The first kappa shape index (κ1) is 39.3. The average molecular weight is 1010 g/mol. The van der Waals surface area contributed by atoms with Crippen LogP contribution in [0.3, 0.4) is 0 Å². The van der Waals surface area contributed by atoms with Crippen molar-refractivity contribution >= 4 is 0 Å². The monoisotopic (exact) mass is 1010 g/mol. The fourth-order valence-corrected chi connectivity index (χ4v) is 11.7. The summed E-state index contributed by atoms with van der Waals surface area (Å²) in [5, 5.41) is 0. The molecule has 0 aliphatic heterocycles. The quantitative estimate of drug-likeness (QED) is 0.123. The molecule has 3 aliphatic rings. The molecule has 0 fully saturated rings. The number of hydrogen-bond donors (Lipinski definition) is 0. The van der Waals surface area contributed by atoms with Gasteiger partial charge in [0.05, 0.1) is 18.2 Å². The summed E-state index contributed by atoms with van der Waals surface area (Å²) in [5.41, 5.74) is 17.2. The Kier molecular flexibility index (Phi) is 8.82. The van der Waals surface area contributed by atoms with E-state index < -0.39 is 16.4 Å². The number of benzene rings is 6. The summed E-state index contributed by atoms with van der Waals surface area (Å²) in [7, 11) is 2.02. The molecule has 6 aromatic carbocycles. The molecule has 4 aromatic heterocycles. The van der Waals surface area contributed by atoms with Crippen molar-refractivity contribution in [3.63, 3.8) is 0 Å². The van der Waals surface area contributed by atoms with E-state index in [-0.39, 0.29) is 21.1 Å². The molecular weight excluding hydrogens is 974 g/mol. The molecule has 0 saturated carbocycles. The van der Waals surface area contributed by atoms with E-state index in [1.807, 2.05) is 42.6 Å². The van der Waals surface area contributed by atoms with Gasteiger partial charge in [-0.2, -0.15) is 12.1 Å². The van der Waals surface area contributed by atoms with Gasteiger partial charge < -0.3 is 19.1 Å². The molecule has 0 bridgehead atoms. The Bertz CT molecular complexity index is 3390. The van der Waals surface area contributed by atoms with Crippen LogP contribution in [-0.4, -0.2) is 19.5 Å². The first-order chi connectivity index (χ1) is 31.5. The summed E-state index contributed by atoms with van der Waals surface area (Å²) in [6.07, 6.45) is 17.8. The Balaban J connectivity index is 0.00000444. The summed E-state index contributed by atoms with van der Waals surface area (Å²) >= 11 is 0. The minimum Gasteiger partial charge on any atom is -0.390 e. The number of pyridine rings is 3. The van der Waals surface area contributed by atoms with Crippen molar-refractivity contribution in [2.75, 3.05) is 0 Å². The second-order valence-electron chi connectivity index (χ2n) is 17.3. The third-order valence-corrected chi connectivity index (χ3v) is 14.1. The summed E-state index contributed by atoms with van der Waals surface area (Å²) in [6, 6.07) is 65.2. The van der Waals surface area contributed by atoms with E-state index in [0.717, 1.165) is 66.9 Å². The summed E-state index contributed by atoms with van der Waals surface area (Å²) in [5.74, 6) is 0. The van der Waals surface area contributed by atoms with E-state index in [1.165, 1.54) is 33.4 Å². The zero-order valence-corrected chi connectivity index (χ0v) is 37.9. The first-order valence-corrected chi connectivity index (χ1v) is 21.8. The Morgan fingerprint density at radius 2 is 0.862 bits per heavy atom. The van der Waals surface area contributed by atoms with E-state index >= 15 is 0 Å². The van der Waals surface area contributed by atoms with Gasteiger partial charge in [-0.25, -0.2) is 0 Å². The maximum atomic E-state index is 5.25. The van der Waals surface area contributed by atoms with Gasteiger partial charge in [0.15, 0.2) is 0 Å².